The molecule has 4 aromatic rings. The quantitative estimate of drug-likeness (QED) is 0.255. The molecule has 1 unspecified atom stereocenters. The molecule has 0 heterocycles. The first-order valence-corrected chi connectivity index (χ1v) is 12.1. The van der Waals surface area contributed by atoms with Gasteiger partial charge in [-0.1, -0.05) is 60.7 Å². The minimum absolute atomic E-state index is 0.0362. The highest BCUT2D eigenvalue weighted by atomic mass is 19.4. The summed E-state index contributed by atoms with van der Waals surface area (Å²) in [6.45, 7) is 3.82. The summed E-state index contributed by atoms with van der Waals surface area (Å²) in [6, 6.07) is 22.4. The van der Waals surface area contributed by atoms with E-state index in [0.717, 1.165) is 28.8 Å². The van der Waals surface area contributed by atoms with Gasteiger partial charge in [0.15, 0.2) is 0 Å². The average Bonchev–Trinajstić information content (AvgIpc) is 2.90. The van der Waals surface area contributed by atoms with Gasteiger partial charge in [-0.2, -0.15) is 13.2 Å². The van der Waals surface area contributed by atoms with Crippen LogP contribution < -0.4 is 5.32 Å². The summed E-state index contributed by atoms with van der Waals surface area (Å²) >= 11 is 0. The van der Waals surface area contributed by atoms with E-state index in [1.807, 2.05) is 24.3 Å². The van der Waals surface area contributed by atoms with Crippen molar-refractivity contribution < 1.29 is 28.2 Å². The summed E-state index contributed by atoms with van der Waals surface area (Å²) in [5.41, 5.74) is 5.65. The van der Waals surface area contributed by atoms with Crippen LogP contribution in [0.2, 0.25) is 0 Å². The second kappa shape index (κ2) is 11.1. The molecule has 3 N–H and O–H groups in total. The molecule has 0 aliphatic rings. The molecule has 7 heteroatoms. The number of nitrogens with one attached hydrogen (secondary N) is 1. The Bertz CT molecular complexity index is 1430. The van der Waals surface area contributed by atoms with Gasteiger partial charge >= 0.3 is 6.18 Å². The Morgan fingerprint density at radius 3 is 1.92 bits per heavy atom. The zero-order valence-electron chi connectivity index (χ0n) is 21.0. The first-order chi connectivity index (χ1) is 18.0. The highest BCUT2D eigenvalue weighted by Crippen LogP contribution is 2.32. The lowest BCUT2D eigenvalue weighted by molar-refractivity contribution is -0.137. The number of benzene rings is 4. The Morgan fingerprint density at radius 1 is 0.789 bits per heavy atom. The SMILES string of the molecule is Cc1ccc(-c2ccc(CC(CO)NC(=O)c3cc(-c4ccc(C(F)(F)F)cc4)ccc3O)cc2)cc1C. The summed E-state index contributed by atoms with van der Waals surface area (Å²) in [7, 11) is 0. The smallest absolute Gasteiger partial charge is 0.416 e. The molecule has 0 saturated carbocycles. The number of rotatable bonds is 7. The Hall–Kier alpha value is -4.10. The summed E-state index contributed by atoms with van der Waals surface area (Å²) in [5.74, 6) is -0.866. The molecule has 38 heavy (non-hydrogen) atoms. The van der Waals surface area contributed by atoms with Crippen LogP contribution in [-0.4, -0.2) is 28.8 Å². The van der Waals surface area contributed by atoms with E-state index in [0.29, 0.717) is 17.5 Å². The number of alkyl halides is 3. The third-order valence-corrected chi connectivity index (χ3v) is 6.62. The maximum absolute atomic E-state index is 13.0. The van der Waals surface area contributed by atoms with E-state index in [4.69, 9.17) is 0 Å². The molecule has 0 aromatic heterocycles. The molecule has 4 rings (SSSR count). The number of hydrogen-bond donors (Lipinski definition) is 3. The standard InChI is InChI=1S/C31H28F3NO3/c1-19-3-6-24(15-20(19)2)22-7-4-21(5-8-22)16-27(18-36)35-30(38)28-17-25(11-14-29(28)37)23-9-12-26(13-10-23)31(32,33)34/h3-15,17,27,36-37H,16,18H2,1-2H3,(H,35,38). The van der Waals surface area contributed by atoms with Crippen LogP contribution in [0.1, 0.15) is 32.6 Å². The predicted octanol–water partition coefficient (Wildman–Crippen LogP) is 6.70. The number of aliphatic hydroxyl groups excluding tert-OH is 1. The molecule has 0 radical (unpaired) electrons. The van der Waals surface area contributed by atoms with Crippen LogP contribution in [0.5, 0.6) is 5.75 Å². The molecule has 1 amide bonds. The van der Waals surface area contributed by atoms with Crippen molar-refractivity contribution in [3.05, 3.63) is 113 Å². The van der Waals surface area contributed by atoms with Crippen molar-refractivity contribution >= 4 is 5.91 Å². The van der Waals surface area contributed by atoms with Crippen molar-refractivity contribution in [2.45, 2.75) is 32.5 Å². The summed E-state index contributed by atoms with van der Waals surface area (Å²) < 4.78 is 38.6. The van der Waals surface area contributed by atoms with Crippen molar-refractivity contribution in [1.82, 2.24) is 5.32 Å². The van der Waals surface area contributed by atoms with Gasteiger partial charge in [-0.05, 0) is 83.5 Å². The number of halogens is 3. The highest BCUT2D eigenvalue weighted by molar-refractivity contribution is 5.98. The van der Waals surface area contributed by atoms with Crippen molar-refractivity contribution in [2.75, 3.05) is 6.61 Å². The van der Waals surface area contributed by atoms with Crippen molar-refractivity contribution in [3.8, 4) is 28.0 Å². The number of aryl methyl sites for hydroxylation is 2. The Morgan fingerprint density at radius 2 is 1.34 bits per heavy atom. The Kier molecular flexibility index (Phi) is 7.88. The van der Waals surface area contributed by atoms with Crippen molar-refractivity contribution in [1.29, 1.82) is 0 Å². The summed E-state index contributed by atoms with van der Waals surface area (Å²) in [6.07, 6.45) is -4.08. The molecule has 0 saturated heterocycles. The van der Waals surface area contributed by atoms with Gasteiger partial charge in [-0.3, -0.25) is 4.79 Å². The lowest BCUT2D eigenvalue weighted by Gasteiger charge is -2.18. The highest BCUT2D eigenvalue weighted by Gasteiger charge is 2.30. The van der Waals surface area contributed by atoms with Gasteiger partial charge in [0.05, 0.1) is 23.8 Å². The van der Waals surface area contributed by atoms with Crippen molar-refractivity contribution in [3.63, 3.8) is 0 Å². The van der Waals surface area contributed by atoms with Crippen molar-refractivity contribution in [2.24, 2.45) is 0 Å². The van der Waals surface area contributed by atoms with Gasteiger partial charge in [0.2, 0.25) is 0 Å². The normalized spacial score (nSPS) is 12.3. The van der Waals surface area contributed by atoms with E-state index in [1.54, 1.807) is 0 Å². The van der Waals surface area contributed by atoms with E-state index in [2.05, 4.69) is 37.4 Å². The molecule has 0 fully saturated rings. The second-order valence-electron chi connectivity index (χ2n) is 9.36. The minimum Gasteiger partial charge on any atom is -0.507 e. The molecule has 1 atom stereocenters. The topological polar surface area (TPSA) is 69.6 Å². The van der Waals surface area contributed by atoms with Gasteiger partial charge in [0, 0.05) is 0 Å². The van der Waals surface area contributed by atoms with E-state index in [-0.39, 0.29) is 17.9 Å². The first kappa shape index (κ1) is 26.9. The fourth-order valence-corrected chi connectivity index (χ4v) is 4.21. The second-order valence-corrected chi connectivity index (χ2v) is 9.36. The number of carbonyl (C=O) groups excluding carboxylic acids is 1. The number of aromatic hydroxyl groups is 1. The number of aliphatic hydroxyl groups is 1. The van der Waals surface area contributed by atoms with Gasteiger partial charge in [-0.15, -0.1) is 0 Å². The maximum atomic E-state index is 13.0. The number of amides is 1. The van der Waals surface area contributed by atoms with Crippen LogP contribution in [0, 0.1) is 13.8 Å². The van der Waals surface area contributed by atoms with Crippen LogP contribution in [0.15, 0.2) is 84.9 Å². The predicted molar refractivity (Wildman–Crippen MR) is 142 cm³/mol. The molecular formula is C31H28F3NO3. The third kappa shape index (κ3) is 6.23. The summed E-state index contributed by atoms with van der Waals surface area (Å²) in [5, 5.41) is 22.9. The Labute approximate surface area is 219 Å². The zero-order valence-corrected chi connectivity index (χ0v) is 21.0. The van der Waals surface area contributed by atoms with Gasteiger partial charge in [0.1, 0.15) is 5.75 Å². The Balaban J connectivity index is 1.46. The summed E-state index contributed by atoms with van der Waals surface area (Å²) in [4.78, 5) is 13.0. The molecule has 0 aliphatic carbocycles. The number of hydrogen-bond acceptors (Lipinski definition) is 3. The van der Waals surface area contributed by atoms with Crippen LogP contribution in [0.25, 0.3) is 22.3 Å². The van der Waals surface area contributed by atoms with Crippen LogP contribution >= 0.6 is 0 Å². The largest absolute Gasteiger partial charge is 0.507 e. The first-order valence-electron chi connectivity index (χ1n) is 12.1. The average molecular weight is 520 g/mol. The molecular weight excluding hydrogens is 491 g/mol. The van der Waals surface area contributed by atoms with E-state index in [1.165, 1.54) is 41.5 Å². The third-order valence-electron chi connectivity index (χ3n) is 6.62. The van der Waals surface area contributed by atoms with E-state index in [9.17, 15) is 28.2 Å². The van der Waals surface area contributed by atoms with Crippen LogP contribution in [0.3, 0.4) is 0 Å². The number of phenolic OH excluding ortho intramolecular Hbond substituents is 1. The zero-order chi connectivity index (χ0) is 27.4. The lowest BCUT2D eigenvalue weighted by Crippen LogP contribution is -2.39. The van der Waals surface area contributed by atoms with Crippen LogP contribution in [0.4, 0.5) is 13.2 Å². The minimum atomic E-state index is -4.45. The van der Waals surface area contributed by atoms with E-state index < -0.39 is 23.7 Å². The van der Waals surface area contributed by atoms with Gasteiger partial charge in [0.25, 0.3) is 5.91 Å². The van der Waals surface area contributed by atoms with E-state index >= 15 is 0 Å². The fraction of sp³-hybridized carbons (Fsp3) is 0.194. The fourth-order valence-electron chi connectivity index (χ4n) is 4.21. The van der Waals surface area contributed by atoms with Gasteiger partial charge < -0.3 is 15.5 Å². The maximum Gasteiger partial charge on any atom is 0.416 e. The molecule has 196 valence electrons. The molecule has 0 aliphatic heterocycles. The lowest BCUT2D eigenvalue weighted by atomic mass is 9.98. The molecule has 4 nitrogen and oxygen atoms in total. The monoisotopic (exact) mass is 519 g/mol. The molecule has 4 aromatic carbocycles. The molecule has 0 spiro atoms. The van der Waals surface area contributed by atoms with Crippen LogP contribution in [-0.2, 0) is 12.6 Å². The molecule has 0 bridgehead atoms. The number of carbonyl (C=O) groups is 1. The number of phenols is 1. The van der Waals surface area contributed by atoms with Gasteiger partial charge in [-0.25, -0.2) is 0 Å².